The van der Waals surface area contributed by atoms with Gasteiger partial charge in [0.05, 0.1) is 0 Å². The minimum absolute atomic E-state index is 0.0693. The molecule has 2 amide bonds. The van der Waals surface area contributed by atoms with Crippen LogP contribution in [0.3, 0.4) is 0 Å². The summed E-state index contributed by atoms with van der Waals surface area (Å²) in [6.07, 6.45) is 2.58. The molecule has 4 nitrogen and oxygen atoms in total. The Bertz CT molecular complexity index is 455. The van der Waals surface area contributed by atoms with Crippen molar-refractivity contribution in [3.05, 3.63) is 35.4 Å². The molecule has 3 N–H and O–H groups in total. The van der Waals surface area contributed by atoms with Crippen LogP contribution in [0.15, 0.2) is 24.3 Å². The lowest BCUT2D eigenvalue weighted by molar-refractivity contribution is 0.234. The van der Waals surface area contributed by atoms with Gasteiger partial charge in [0.2, 0.25) is 0 Å². The van der Waals surface area contributed by atoms with Crippen molar-refractivity contribution in [1.29, 1.82) is 0 Å². The third-order valence-corrected chi connectivity index (χ3v) is 4.25. The third kappa shape index (κ3) is 6.06. The zero-order valence-corrected chi connectivity index (χ0v) is 14.3. The summed E-state index contributed by atoms with van der Waals surface area (Å²) >= 11 is 0. The van der Waals surface area contributed by atoms with Crippen molar-refractivity contribution in [2.45, 2.75) is 65.0 Å². The van der Waals surface area contributed by atoms with Crippen molar-refractivity contribution >= 4 is 6.03 Å². The van der Waals surface area contributed by atoms with E-state index >= 15 is 0 Å². The lowest BCUT2D eigenvalue weighted by atomic mass is 9.82. The molecule has 1 rings (SSSR count). The van der Waals surface area contributed by atoms with Gasteiger partial charge in [0.25, 0.3) is 0 Å². The first-order valence-corrected chi connectivity index (χ1v) is 8.13. The van der Waals surface area contributed by atoms with Gasteiger partial charge in [-0.1, -0.05) is 45.0 Å². The fourth-order valence-electron chi connectivity index (χ4n) is 2.20. The third-order valence-electron chi connectivity index (χ3n) is 4.25. The quantitative estimate of drug-likeness (QED) is 0.690. The molecule has 0 spiro atoms. The number of amides is 2. The number of hydrogen-bond acceptors (Lipinski definition) is 2. The smallest absolute Gasteiger partial charge is 0.315 e. The first-order chi connectivity index (χ1) is 10.4. The lowest BCUT2D eigenvalue weighted by Crippen LogP contribution is -2.40. The molecule has 1 atom stereocenters. The number of benzene rings is 1. The second-order valence-corrected chi connectivity index (χ2v) is 6.53. The van der Waals surface area contributed by atoms with Gasteiger partial charge < -0.3 is 15.7 Å². The monoisotopic (exact) mass is 306 g/mol. The van der Waals surface area contributed by atoms with E-state index in [1.54, 1.807) is 0 Å². The van der Waals surface area contributed by atoms with Crippen molar-refractivity contribution in [1.82, 2.24) is 10.6 Å². The van der Waals surface area contributed by atoms with Crippen LogP contribution in [0.25, 0.3) is 0 Å². The maximum Gasteiger partial charge on any atom is 0.315 e. The average Bonchev–Trinajstić information content (AvgIpc) is 2.51. The van der Waals surface area contributed by atoms with Gasteiger partial charge in [-0.05, 0) is 42.7 Å². The predicted octanol–water partition coefficient (Wildman–Crippen LogP) is 3.33. The van der Waals surface area contributed by atoms with Gasteiger partial charge >= 0.3 is 6.03 Å². The molecule has 0 aliphatic heterocycles. The summed E-state index contributed by atoms with van der Waals surface area (Å²) in [7, 11) is 0. The van der Waals surface area contributed by atoms with Crippen molar-refractivity contribution in [3.63, 3.8) is 0 Å². The number of aliphatic hydroxyl groups is 1. The molecule has 0 heterocycles. The van der Waals surface area contributed by atoms with Gasteiger partial charge in [0, 0.05) is 19.2 Å². The van der Waals surface area contributed by atoms with Gasteiger partial charge in [-0.2, -0.15) is 0 Å². The number of urea groups is 1. The molecule has 0 saturated heterocycles. The summed E-state index contributed by atoms with van der Waals surface area (Å²) in [5.41, 5.74) is 2.60. The van der Waals surface area contributed by atoms with E-state index in [-0.39, 0.29) is 24.1 Å². The zero-order chi connectivity index (χ0) is 16.6. The number of nitrogens with one attached hydrogen (secondary N) is 2. The van der Waals surface area contributed by atoms with Gasteiger partial charge in [-0.3, -0.25) is 0 Å². The van der Waals surface area contributed by atoms with E-state index in [2.05, 4.69) is 55.7 Å². The molecule has 0 aliphatic rings. The van der Waals surface area contributed by atoms with Crippen LogP contribution in [-0.4, -0.2) is 23.8 Å². The molecule has 0 radical (unpaired) electrons. The summed E-state index contributed by atoms with van der Waals surface area (Å²) in [6, 6.07) is 8.33. The molecule has 0 aliphatic carbocycles. The van der Waals surface area contributed by atoms with Gasteiger partial charge in [-0.25, -0.2) is 4.79 Å². The Morgan fingerprint density at radius 2 is 1.91 bits per heavy atom. The Morgan fingerprint density at radius 3 is 2.45 bits per heavy atom. The van der Waals surface area contributed by atoms with Crippen molar-refractivity contribution in [3.8, 4) is 0 Å². The molecular weight excluding hydrogens is 276 g/mol. The molecular formula is C18H30N2O2. The van der Waals surface area contributed by atoms with Gasteiger partial charge in [0.1, 0.15) is 0 Å². The fraction of sp³-hybridized carbons (Fsp3) is 0.611. The fourth-order valence-corrected chi connectivity index (χ4v) is 2.20. The molecule has 0 fully saturated rings. The summed E-state index contributed by atoms with van der Waals surface area (Å²) in [5, 5.41) is 14.5. The Hall–Kier alpha value is -1.55. The highest BCUT2D eigenvalue weighted by atomic mass is 16.3. The number of rotatable bonds is 8. The van der Waals surface area contributed by atoms with Crippen LogP contribution in [0.4, 0.5) is 4.79 Å². The zero-order valence-electron chi connectivity index (χ0n) is 14.3. The summed E-state index contributed by atoms with van der Waals surface area (Å²) in [6.45, 7) is 9.29. The molecule has 0 bridgehead atoms. The molecule has 1 aromatic carbocycles. The molecule has 124 valence electrons. The van der Waals surface area contributed by atoms with E-state index in [1.165, 1.54) is 5.56 Å². The largest absolute Gasteiger partial charge is 0.396 e. The minimum atomic E-state index is -0.164. The first-order valence-electron chi connectivity index (χ1n) is 8.13. The van der Waals surface area contributed by atoms with Crippen LogP contribution in [-0.2, 0) is 12.0 Å². The Morgan fingerprint density at radius 1 is 1.27 bits per heavy atom. The van der Waals surface area contributed by atoms with Crippen LogP contribution < -0.4 is 10.6 Å². The second-order valence-electron chi connectivity index (χ2n) is 6.53. The van der Waals surface area contributed by atoms with Crippen molar-refractivity contribution < 1.29 is 9.90 Å². The van der Waals surface area contributed by atoms with Crippen molar-refractivity contribution in [2.75, 3.05) is 6.61 Å². The SMILES string of the molecule is CCC(C)(C)c1ccc(CNC(=O)NC(C)CCCO)cc1. The van der Waals surface area contributed by atoms with Crippen LogP contribution in [0.5, 0.6) is 0 Å². The van der Waals surface area contributed by atoms with Crippen LogP contribution in [0.1, 0.15) is 58.1 Å². The number of carbonyl (C=O) groups excluding carboxylic acids is 1. The highest BCUT2D eigenvalue weighted by molar-refractivity contribution is 5.74. The summed E-state index contributed by atoms with van der Waals surface area (Å²) in [5.74, 6) is 0. The van der Waals surface area contributed by atoms with E-state index in [0.29, 0.717) is 13.0 Å². The summed E-state index contributed by atoms with van der Waals surface area (Å²) < 4.78 is 0. The van der Waals surface area contributed by atoms with E-state index < -0.39 is 0 Å². The van der Waals surface area contributed by atoms with Gasteiger partial charge in [0.15, 0.2) is 0 Å². The van der Waals surface area contributed by atoms with E-state index in [0.717, 1.165) is 18.4 Å². The van der Waals surface area contributed by atoms with Crippen LogP contribution >= 0.6 is 0 Å². The first kappa shape index (κ1) is 18.5. The molecule has 4 heteroatoms. The lowest BCUT2D eigenvalue weighted by Gasteiger charge is -2.23. The van der Waals surface area contributed by atoms with Crippen LogP contribution in [0.2, 0.25) is 0 Å². The molecule has 0 saturated carbocycles. The molecule has 0 aromatic heterocycles. The molecule has 1 aromatic rings. The Kier molecular flexibility index (Phi) is 7.39. The highest BCUT2D eigenvalue weighted by Gasteiger charge is 2.17. The predicted molar refractivity (Wildman–Crippen MR) is 90.9 cm³/mol. The van der Waals surface area contributed by atoms with Crippen LogP contribution in [0, 0.1) is 0 Å². The van der Waals surface area contributed by atoms with E-state index in [4.69, 9.17) is 5.11 Å². The van der Waals surface area contributed by atoms with E-state index in [1.807, 2.05) is 6.92 Å². The number of carbonyl (C=O) groups is 1. The molecule has 22 heavy (non-hydrogen) atoms. The van der Waals surface area contributed by atoms with E-state index in [9.17, 15) is 4.79 Å². The standard InChI is InChI=1S/C18H30N2O2/c1-5-18(3,4)16-10-8-15(9-11-16)13-19-17(22)20-14(2)7-6-12-21/h8-11,14,21H,5-7,12-13H2,1-4H3,(H2,19,20,22). The maximum atomic E-state index is 11.8. The second kappa shape index (κ2) is 8.79. The normalized spacial score (nSPS) is 12.8. The summed E-state index contributed by atoms with van der Waals surface area (Å²) in [4.78, 5) is 11.8. The highest BCUT2D eigenvalue weighted by Crippen LogP contribution is 2.26. The topological polar surface area (TPSA) is 61.4 Å². The Labute approximate surface area is 134 Å². The Balaban J connectivity index is 2.43. The average molecular weight is 306 g/mol. The van der Waals surface area contributed by atoms with Crippen molar-refractivity contribution in [2.24, 2.45) is 0 Å². The van der Waals surface area contributed by atoms with Gasteiger partial charge in [-0.15, -0.1) is 0 Å². The molecule has 1 unspecified atom stereocenters. The number of aliphatic hydroxyl groups excluding tert-OH is 1. The number of hydrogen-bond donors (Lipinski definition) is 3. The maximum absolute atomic E-state index is 11.8. The minimum Gasteiger partial charge on any atom is -0.396 e.